The number of hydrogen-bond donors (Lipinski definition) is 1. The van der Waals surface area contributed by atoms with E-state index in [0.717, 1.165) is 31.1 Å². The van der Waals surface area contributed by atoms with Crippen LogP contribution in [-0.2, 0) is 4.79 Å². The highest BCUT2D eigenvalue weighted by Crippen LogP contribution is 2.23. The lowest BCUT2D eigenvalue weighted by Gasteiger charge is -2.36. The number of aliphatic hydroxyl groups is 1. The Morgan fingerprint density at radius 3 is 2.67 bits per heavy atom. The van der Waals surface area contributed by atoms with E-state index in [2.05, 4.69) is 14.8 Å². The van der Waals surface area contributed by atoms with Crippen LogP contribution in [0.2, 0.25) is 0 Å². The monoisotopic (exact) mass is 334 g/mol. The van der Waals surface area contributed by atoms with Crippen LogP contribution in [0.25, 0.3) is 0 Å². The van der Waals surface area contributed by atoms with Crippen LogP contribution in [0.5, 0.6) is 5.75 Å². The highest BCUT2D eigenvalue weighted by Gasteiger charge is 2.32. The normalized spacial score (nSPS) is 25.1. The van der Waals surface area contributed by atoms with Crippen molar-refractivity contribution in [2.45, 2.75) is 12.5 Å². The summed E-state index contributed by atoms with van der Waals surface area (Å²) in [5.41, 5.74) is 1.02. The number of β-amino-alcohol motifs (C(OH)–C–C–N with tert-alkyl or cyclic N) is 1. The lowest BCUT2D eigenvalue weighted by molar-refractivity contribution is -0.133. The maximum atomic E-state index is 12.5. The minimum absolute atomic E-state index is 0.0584. The molecule has 2 aliphatic rings. The van der Waals surface area contributed by atoms with E-state index >= 15 is 0 Å². The second kappa shape index (κ2) is 7.36. The molecule has 1 amide bonds. The molecule has 1 aromatic heterocycles. The van der Waals surface area contributed by atoms with Crippen LogP contribution in [0, 0.1) is 5.92 Å². The zero-order chi connectivity index (χ0) is 17.1. The van der Waals surface area contributed by atoms with Crippen molar-refractivity contribution in [2.24, 2.45) is 5.92 Å². The molecular formula is C17H26N4O3. The summed E-state index contributed by atoms with van der Waals surface area (Å²) in [7, 11) is 3.61. The third kappa shape index (κ3) is 3.79. The van der Waals surface area contributed by atoms with Gasteiger partial charge in [0.1, 0.15) is 5.75 Å². The van der Waals surface area contributed by atoms with Gasteiger partial charge >= 0.3 is 0 Å². The number of carbonyl (C=O) groups excluding carboxylic acids is 1. The van der Waals surface area contributed by atoms with Gasteiger partial charge in [-0.2, -0.15) is 0 Å². The summed E-state index contributed by atoms with van der Waals surface area (Å²) in [5, 5.41) is 10.0. The van der Waals surface area contributed by atoms with Gasteiger partial charge in [-0.15, -0.1) is 0 Å². The van der Waals surface area contributed by atoms with Crippen molar-refractivity contribution in [3.05, 3.63) is 18.5 Å². The van der Waals surface area contributed by atoms with Gasteiger partial charge in [0.15, 0.2) is 0 Å². The molecule has 1 aromatic rings. The summed E-state index contributed by atoms with van der Waals surface area (Å²) in [6.45, 7) is 4.43. The average molecular weight is 334 g/mol. The summed E-state index contributed by atoms with van der Waals surface area (Å²) in [6.07, 6.45) is 3.56. The minimum Gasteiger partial charge on any atom is -0.495 e. The predicted octanol–water partition coefficient (Wildman–Crippen LogP) is 0.0514. The maximum Gasteiger partial charge on any atom is 0.223 e. The standard InChI is InChI=1S/C17H26N4O3/c1-19-11-13(16(22)12-19)7-17(23)21-5-3-20(4-6-21)14-8-15(24-2)10-18-9-14/h8-10,13,16,22H,3-7,11-12H2,1-2H3/t13-,16-/m1/s1. The van der Waals surface area contributed by atoms with Gasteiger partial charge in [-0.3, -0.25) is 9.78 Å². The first-order valence-corrected chi connectivity index (χ1v) is 8.45. The second-order valence-electron chi connectivity index (χ2n) is 6.70. The topological polar surface area (TPSA) is 69.1 Å². The SMILES string of the molecule is COc1cncc(N2CCN(C(=O)C[C@@H]3CN(C)C[C@H]3O)CC2)c1. The smallest absolute Gasteiger partial charge is 0.223 e. The Hall–Kier alpha value is -1.86. The van der Waals surface area contributed by atoms with Gasteiger partial charge in [0.25, 0.3) is 0 Å². The molecule has 0 radical (unpaired) electrons. The van der Waals surface area contributed by atoms with E-state index in [1.54, 1.807) is 13.3 Å². The number of carbonyl (C=O) groups is 1. The number of likely N-dealkylation sites (tertiary alicyclic amines) is 1. The number of piperazine rings is 1. The van der Waals surface area contributed by atoms with Crippen molar-refractivity contribution in [1.82, 2.24) is 14.8 Å². The lowest BCUT2D eigenvalue weighted by atomic mass is 10.0. The summed E-state index contributed by atoms with van der Waals surface area (Å²) >= 11 is 0. The van der Waals surface area contributed by atoms with Crippen molar-refractivity contribution < 1.29 is 14.6 Å². The predicted molar refractivity (Wildman–Crippen MR) is 91.2 cm³/mol. The van der Waals surface area contributed by atoms with Crippen LogP contribution in [0.3, 0.4) is 0 Å². The molecule has 24 heavy (non-hydrogen) atoms. The van der Waals surface area contributed by atoms with E-state index in [-0.39, 0.29) is 17.9 Å². The third-order valence-electron chi connectivity index (χ3n) is 4.96. The Kier molecular flexibility index (Phi) is 5.20. The molecule has 3 rings (SSSR count). The number of rotatable bonds is 4. The van der Waals surface area contributed by atoms with Crippen molar-refractivity contribution in [1.29, 1.82) is 0 Å². The Bertz CT molecular complexity index is 575. The van der Waals surface area contributed by atoms with E-state index in [9.17, 15) is 9.90 Å². The molecule has 0 saturated carbocycles. The van der Waals surface area contributed by atoms with Crippen LogP contribution in [0.1, 0.15) is 6.42 Å². The summed E-state index contributed by atoms with van der Waals surface area (Å²) < 4.78 is 5.22. The van der Waals surface area contributed by atoms with Gasteiger partial charge in [0, 0.05) is 57.7 Å². The van der Waals surface area contributed by atoms with Gasteiger partial charge in [0.2, 0.25) is 5.91 Å². The molecule has 1 N–H and O–H groups in total. The minimum atomic E-state index is -0.386. The number of pyridine rings is 1. The van der Waals surface area contributed by atoms with E-state index in [4.69, 9.17) is 4.74 Å². The first kappa shape index (κ1) is 17.0. The Morgan fingerprint density at radius 1 is 1.29 bits per heavy atom. The number of likely N-dealkylation sites (N-methyl/N-ethyl adjacent to an activating group) is 1. The number of anilines is 1. The number of nitrogens with zero attached hydrogens (tertiary/aromatic N) is 4. The Morgan fingerprint density at radius 2 is 2.04 bits per heavy atom. The molecule has 2 atom stereocenters. The first-order valence-electron chi connectivity index (χ1n) is 8.45. The molecule has 0 aliphatic carbocycles. The fourth-order valence-electron chi connectivity index (χ4n) is 3.52. The molecule has 2 saturated heterocycles. The highest BCUT2D eigenvalue weighted by atomic mass is 16.5. The zero-order valence-corrected chi connectivity index (χ0v) is 14.4. The molecular weight excluding hydrogens is 308 g/mol. The van der Waals surface area contributed by atoms with Gasteiger partial charge in [-0.1, -0.05) is 0 Å². The van der Waals surface area contributed by atoms with E-state index in [1.807, 2.05) is 24.2 Å². The summed E-state index contributed by atoms with van der Waals surface area (Å²) in [4.78, 5) is 22.9. The molecule has 2 fully saturated rings. The first-order chi connectivity index (χ1) is 11.6. The van der Waals surface area contributed by atoms with Crippen LogP contribution >= 0.6 is 0 Å². The fourth-order valence-corrected chi connectivity index (χ4v) is 3.52. The Labute approximate surface area is 142 Å². The highest BCUT2D eigenvalue weighted by molar-refractivity contribution is 5.77. The van der Waals surface area contributed by atoms with Crippen LogP contribution in [-0.4, -0.2) is 85.3 Å². The number of aliphatic hydroxyl groups excluding tert-OH is 1. The number of aromatic nitrogens is 1. The molecule has 3 heterocycles. The van der Waals surface area contributed by atoms with E-state index < -0.39 is 0 Å². The van der Waals surface area contributed by atoms with Crippen LogP contribution in [0.4, 0.5) is 5.69 Å². The molecule has 0 aromatic carbocycles. The summed E-state index contributed by atoms with van der Waals surface area (Å²) in [5.74, 6) is 0.950. The third-order valence-corrected chi connectivity index (χ3v) is 4.96. The summed E-state index contributed by atoms with van der Waals surface area (Å²) in [6, 6.07) is 1.97. The van der Waals surface area contributed by atoms with Crippen LogP contribution in [0.15, 0.2) is 18.5 Å². The van der Waals surface area contributed by atoms with Crippen molar-refractivity contribution >= 4 is 11.6 Å². The number of methoxy groups -OCH3 is 1. The molecule has 0 unspecified atom stereocenters. The van der Waals surface area contributed by atoms with E-state index in [1.165, 1.54) is 0 Å². The number of ether oxygens (including phenoxy) is 1. The van der Waals surface area contributed by atoms with Crippen molar-refractivity contribution in [2.75, 3.05) is 58.3 Å². The average Bonchev–Trinajstić information content (AvgIpc) is 2.92. The fraction of sp³-hybridized carbons (Fsp3) is 0.647. The molecule has 7 nitrogen and oxygen atoms in total. The second-order valence-corrected chi connectivity index (χ2v) is 6.70. The molecule has 7 heteroatoms. The quantitative estimate of drug-likeness (QED) is 0.839. The number of hydrogen-bond acceptors (Lipinski definition) is 6. The van der Waals surface area contributed by atoms with Crippen molar-refractivity contribution in [3.63, 3.8) is 0 Å². The molecule has 0 spiro atoms. The maximum absolute atomic E-state index is 12.5. The van der Waals surface area contributed by atoms with Gasteiger partial charge in [-0.05, 0) is 7.05 Å². The van der Waals surface area contributed by atoms with Crippen LogP contribution < -0.4 is 9.64 Å². The van der Waals surface area contributed by atoms with Gasteiger partial charge in [0.05, 0.1) is 31.3 Å². The van der Waals surface area contributed by atoms with E-state index in [0.29, 0.717) is 26.1 Å². The molecule has 2 aliphatic heterocycles. The largest absolute Gasteiger partial charge is 0.495 e. The zero-order valence-electron chi connectivity index (χ0n) is 14.4. The molecule has 132 valence electrons. The number of amides is 1. The lowest BCUT2D eigenvalue weighted by Crippen LogP contribution is -2.49. The molecule has 0 bridgehead atoms. The Balaban J connectivity index is 1.52. The van der Waals surface area contributed by atoms with Gasteiger partial charge in [-0.25, -0.2) is 0 Å². The van der Waals surface area contributed by atoms with Crippen molar-refractivity contribution in [3.8, 4) is 5.75 Å². The van der Waals surface area contributed by atoms with Gasteiger partial charge < -0.3 is 24.5 Å².